The van der Waals surface area contributed by atoms with Gasteiger partial charge in [0.15, 0.2) is 11.5 Å². The molecule has 140 valence electrons. The van der Waals surface area contributed by atoms with Crippen molar-refractivity contribution in [2.24, 2.45) is 0 Å². The summed E-state index contributed by atoms with van der Waals surface area (Å²) in [7, 11) is 4.91. The Morgan fingerprint density at radius 1 is 1.15 bits per heavy atom. The van der Waals surface area contributed by atoms with Crippen molar-refractivity contribution in [2.45, 2.75) is 31.7 Å². The fraction of sp³-hybridized carbons (Fsp3) is 0.556. The summed E-state index contributed by atoms with van der Waals surface area (Å²) in [5, 5.41) is 8.30. The van der Waals surface area contributed by atoms with Crippen LogP contribution in [0.15, 0.2) is 18.3 Å². The van der Waals surface area contributed by atoms with Crippen LogP contribution in [0.5, 0.6) is 17.2 Å². The van der Waals surface area contributed by atoms with E-state index in [9.17, 15) is 0 Å². The molecule has 0 aliphatic carbocycles. The highest BCUT2D eigenvalue weighted by Gasteiger charge is 2.36. The van der Waals surface area contributed by atoms with Crippen LogP contribution < -0.4 is 14.2 Å². The van der Waals surface area contributed by atoms with Crippen molar-refractivity contribution >= 4 is 0 Å². The van der Waals surface area contributed by atoms with E-state index in [1.807, 2.05) is 16.8 Å². The highest BCUT2D eigenvalue weighted by atomic mass is 16.5. The van der Waals surface area contributed by atoms with Gasteiger partial charge in [-0.25, -0.2) is 4.68 Å². The Balaban J connectivity index is 1.56. The zero-order chi connectivity index (χ0) is 18.1. The zero-order valence-electron chi connectivity index (χ0n) is 15.3. The Hall–Kier alpha value is -2.32. The normalized spacial score (nSPS) is 22.4. The molecule has 2 aliphatic rings. The number of nitrogens with zero attached hydrogens (tertiary/aromatic N) is 4. The first kappa shape index (κ1) is 17.1. The van der Waals surface area contributed by atoms with Crippen LogP contribution in [0.2, 0.25) is 0 Å². The Bertz CT molecular complexity index is 779. The highest BCUT2D eigenvalue weighted by molar-refractivity contribution is 5.55. The van der Waals surface area contributed by atoms with Crippen molar-refractivity contribution < 1.29 is 18.9 Å². The fourth-order valence-electron chi connectivity index (χ4n) is 3.92. The topological polar surface area (TPSA) is 70.9 Å². The lowest BCUT2D eigenvalue weighted by molar-refractivity contribution is -0.0670. The molecular weight excluding hydrogens is 336 g/mol. The lowest BCUT2D eigenvalue weighted by atomic mass is 9.99. The van der Waals surface area contributed by atoms with Gasteiger partial charge in [0.1, 0.15) is 0 Å². The molecule has 2 aliphatic heterocycles. The Morgan fingerprint density at radius 2 is 2.00 bits per heavy atom. The minimum Gasteiger partial charge on any atom is -0.493 e. The average molecular weight is 360 g/mol. The molecule has 0 amide bonds. The van der Waals surface area contributed by atoms with Gasteiger partial charge in [0.25, 0.3) is 0 Å². The van der Waals surface area contributed by atoms with Crippen LogP contribution in [0.3, 0.4) is 0 Å². The van der Waals surface area contributed by atoms with Crippen molar-refractivity contribution in [1.29, 1.82) is 0 Å². The smallest absolute Gasteiger partial charge is 0.203 e. The third-order valence-corrected chi connectivity index (χ3v) is 5.19. The molecule has 0 spiro atoms. The Kier molecular flexibility index (Phi) is 4.69. The number of piperidine rings is 1. The highest BCUT2D eigenvalue weighted by Crippen LogP contribution is 2.41. The molecule has 8 heteroatoms. The molecule has 26 heavy (non-hydrogen) atoms. The first-order valence-corrected chi connectivity index (χ1v) is 8.76. The molecule has 0 saturated carbocycles. The van der Waals surface area contributed by atoms with E-state index in [0.29, 0.717) is 18.1 Å². The van der Waals surface area contributed by atoms with Crippen molar-refractivity contribution in [3.05, 3.63) is 29.6 Å². The molecule has 0 unspecified atom stereocenters. The predicted octanol–water partition coefficient (Wildman–Crippen LogP) is 1.65. The summed E-state index contributed by atoms with van der Waals surface area (Å²) in [6.07, 6.45) is 2.96. The third-order valence-electron chi connectivity index (χ3n) is 5.19. The van der Waals surface area contributed by atoms with Crippen LogP contribution in [0.1, 0.15) is 23.7 Å². The van der Waals surface area contributed by atoms with E-state index in [4.69, 9.17) is 18.9 Å². The first-order chi connectivity index (χ1) is 12.7. The monoisotopic (exact) mass is 360 g/mol. The molecule has 3 heterocycles. The van der Waals surface area contributed by atoms with E-state index in [-0.39, 0.29) is 12.1 Å². The molecule has 1 saturated heterocycles. The van der Waals surface area contributed by atoms with E-state index in [1.54, 1.807) is 27.5 Å². The van der Waals surface area contributed by atoms with Gasteiger partial charge in [-0.2, -0.15) is 0 Å². The molecule has 1 fully saturated rings. The maximum atomic E-state index is 5.99. The molecule has 2 aromatic rings. The van der Waals surface area contributed by atoms with Gasteiger partial charge in [0.2, 0.25) is 5.75 Å². The minimum atomic E-state index is 0.195. The number of likely N-dealkylation sites (tertiary alicyclic amines) is 1. The number of aromatic nitrogens is 3. The molecule has 0 bridgehead atoms. The number of benzene rings is 1. The number of rotatable bonds is 5. The molecule has 0 N–H and O–H groups in total. The van der Waals surface area contributed by atoms with E-state index in [2.05, 4.69) is 15.2 Å². The van der Waals surface area contributed by atoms with Crippen LogP contribution in [0.4, 0.5) is 0 Å². The zero-order valence-corrected chi connectivity index (χ0v) is 15.3. The van der Waals surface area contributed by atoms with Gasteiger partial charge >= 0.3 is 0 Å². The molecule has 4 rings (SSSR count). The minimum absolute atomic E-state index is 0.195. The number of hydrogen-bond acceptors (Lipinski definition) is 7. The van der Waals surface area contributed by atoms with Gasteiger partial charge in [-0.05, 0) is 12.5 Å². The molecule has 1 aromatic heterocycles. The van der Waals surface area contributed by atoms with Crippen LogP contribution >= 0.6 is 0 Å². The second kappa shape index (κ2) is 7.13. The second-order valence-corrected chi connectivity index (χ2v) is 6.60. The standard InChI is InChI=1S/C18H24N4O4/c1-23-16-5-4-12(17(24-2)18(16)25-3)9-21-7-6-15-14(10-21)22-13(11-26-15)8-19-20-22/h4-5,8,14-15H,6-7,9-11H2,1-3H3/t14-,15-/m0/s1. The summed E-state index contributed by atoms with van der Waals surface area (Å²) in [5.41, 5.74) is 2.11. The third kappa shape index (κ3) is 2.89. The van der Waals surface area contributed by atoms with Crippen LogP contribution in [-0.2, 0) is 17.9 Å². The van der Waals surface area contributed by atoms with Crippen molar-refractivity contribution in [1.82, 2.24) is 19.9 Å². The maximum absolute atomic E-state index is 5.99. The summed E-state index contributed by atoms with van der Waals surface area (Å²) >= 11 is 0. The van der Waals surface area contributed by atoms with Gasteiger partial charge in [-0.3, -0.25) is 4.90 Å². The molecule has 0 radical (unpaired) electrons. The lowest BCUT2D eigenvalue weighted by Crippen LogP contribution is -2.47. The largest absolute Gasteiger partial charge is 0.493 e. The maximum Gasteiger partial charge on any atom is 0.203 e. The summed E-state index contributed by atoms with van der Waals surface area (Å²) in [5.74, 6) is 2.01. The van der Waals surface area contributed by atoms with Gasteiger partial charge in [-0.1, -0.05) is 11.3 Å². The Labute approximate surface area is 152 Å². The quantitative estimate of drug-likeness (QED) is 0.803. The van der Waals surface area contributed by atoms with Gasteiger partial charge < -0.3 is 18.9 Å². The Morgan fingerprint density at radius 3 is 2.77 bits per heavy atom. The van der Waals surface area contributed by atoms with E-state index in [1.165, 1.54) is 0 Å². The lowest BCUT2D eigenvalue weighted by Gasteiger charge is -2.41. The van der Waals surface area contributed by atoms with Crippen LogP contribution in [-0.4, -0.2) is 60.4 Å². The van der Waals surface area contributed by atoms with Gasteiger partial charge in [-0.15, -0.1) is 5.10 Å². The van der Waals surface area contributed by atoms with E-state index >= 15 is 0 Å². The van der Waals surface area contributed by atoms with Crippen LogP contribution in [0, 0.1) is 0 Å². The van der Waals surface area contributed by atoms with Crippen molar-refractivity contribution in [3.8, 4) is 17.2 Å². The van der Waals surface area contributed by atoms with Crippen molar-refractivity contribution in [3.63, 3.8) is 0 Å². The first-order valence-electron chi connectivity index (χ1n) is 8.76. The summed E-state index contributed by atoms with van der Waals surface area (Å²) < 4.78 is 24.5. The fourth-order valence-corrected chi connectivity index (χ4v) is 3.92. The van der Waals surface area contributed by atoms with E-state index < -0.39 is 0 Å². The van der Waals surface area contributed by atoms with Gasteiger partial charge in [0.05, 0.1) is 52.0 Å². The molecule has 8 nitrogen and oxygen atoms in total. The number of ether oxygens (including phenoxy) is 4. The van der Waals surface area contributed by atoms with Crippen molar-refractivity contribution in [2.75, 3.05) is 34.4 Å². The molecule has 2 atom stereocenters. The average Bonchev–Trinajstić information content (AvgIpc) is 3.16. The second-order valence-electron chi connectivity index (χ2n) is 6.60. The molecule has 1 aromatic carbocycles. The van der Waals surface area contributed by atoms with E-state index in [0.717, 1.165) is 43.1 Å². The predicted molar refractivity (Wildman–Crippen MR) is 93.6 cm³/mol. The SMILES string of the molecule is COc1ccc(CN2CC[C@@H]3OCc4cnnn4[C@H]3C2)c(OC)c1OC. The number of methoxy groups -OCH3 is 3. The number of fused-ring (bicyclic) bond motifs is 3. The summed E-state index contributed by atoms with van der Waals surface area (Å²) in [6, 6.07) is 4.15. The molecular formula is C18H24N4O4. The summed E-state index contributed by atoms with van der Waals surface area (Å²) in [4.78, 5) is 2.39. The number of hydrogen-bond donors (Lipinski definition) is 0. The van der Waals surface area contributed by atoms with Crippen LogP contribution in [0.25, 0.3) is 0 Å². The summed E-state index contributed by atoms with van der Waals surface area (Å²) in [6.45, 7) is 3.18. The van der Waals surface area contributed by atoms with Gasteiger partial charge in [0, 0.05) is 25.2 Å².